The number of halogens is 2. The second kappa shape index (κ2) is 4.69. The molecule has 1 nitrogen and oxygen atoms in total. The van der Waals surface area contributed by atoms with Crippen LogP contribution in [0.4, 0.5) is 0 Å². The van der Waals surface area contributed by atoms with Gasteiger partial charge in [0, 0.05) is 0 Å². The van der Waals surface area contributed by atoms with Crippen LogP contribution in [-0.2, 0) is 0 Å². The SMILES string of the molecule is CCCCCC(O)(Br)Br. The molecule has 0 fully saturated rings. The largest absolute Gasteiger partial charge is 0.369 e. The van der Waals surface area contributed by atoms with Crippen LogP contribution in [0.3, 0.4) is 0 Å². The number of rotatable bonds is 4. The third-order valence-corrected chi connectivity index (χ3v) is 1.87. The van der Waals surface area contributed by atoms with E-state index in [-0.39, 0.29) is 0 Å². The number of alkyl halides is 2. The zero-order chi connectivity index (χ0) is 7.33. The molecule has 0 aromatic rings. The summed E-state index contributed by atoms with van der Waals surface area (Å²) in [5.41, 5.74) is 0. The quantitative estimate of drug-likeness (QED) is 0.608. The summed E-state index contributed by atoms with van der Waals surface area (Å²) in [6, 6.07) is 0. The van der Waals surface area contributed by atoms with E-state index in [0.29, 0.717) is 0 Å². The van der Waals surface area contributed by atoms with Crippen molar-refractivity contribution in [2.45, 2.75) is 36.0 Å². The van der Waals surface area contributed by atoms with Crippen LogP contribution in [0.1, 0.15) is 32.6 Å². The molecule has 0 heterocycles. The van der Waals surface area contributed by atoms with Crippen molar-refractivity contribution in [1.29, 1.82) is 0 Å². The minimum Gasteiger partial charge on any atom is -0.369 e. The number of aliphatic hydroxyl groups is 1. The molecule has 0 aromatic heterocycles. The Kier molecular flexibility index (Phi) is 5.17. The topological polar surface area (TPSA) is 20.2 Å². The molecule has 3 heteroatoms. The Hall–Kier alpha value is 0.920. The summed E-state index contributed by atoms with van der Waals surface area (Å²) in [5.74, 6) is 0. The second-order valence-corrected chi connectivity index (χ2v) is 5.81. The zero-order valence-corrected chi connectivity index (χ0v) is 8.70. The smallest absolute Gasteiger partial charge is 0.174 e. The molecule has 56 valence electrons. The predicted octanol–water partition coefficient (Wildman–Crippen LogP) is 3.00. The van der Waals surface area contributed by atoms with E-state index in [1.165, 1.54) is 12.8 Å². The van der Waals surface area contributed by atoms with E-state index in [0.717, 1.165) is 12.8 Å². The van der Waals surface area contributed by atoms with E-state index in [1.54, 1.807) is 0 Å². The Morgan fingerprint density at radius 2 is 1.89 bits per heavy atom. The van der Waals surface area contributed by atoms with Gasteiger partial charge in [0.1, 0.15) is 0 Å². The molecule has 0 saturated carbocycles. The highest BCUT2D eigenvalue weighted by Crippen LogP contribution is 2.28. The Labute approximate surface area is 73.1 Å². The van der Waals surface area contributed by atoms with E-state index in [2.05, 4.69) is 38.8 Å². The van der Waals surface area contributed by atoms with Crippen molar-refractivity contribution in [2.75, 3.05) is 0 Å². The first-order valence-corrected chi connectivity index (χ1v) is 4.75. The number of hydrogen-bond donors (Lipinski definition) is 1. The first-order valence-electron chi connectivity index (χ1n) is 3.16. The summed E-state index contributed by atoms with van der Waals surface area (Å²) in [6.07, 6.45) is 4.19. The van der Waals surface area contributed by atoms with Crippen LogP contribution in [0.25, 0.3) is 0 Å². The van der Waals surface area contributed by atoms with Crippen molar-refractivity contribution in [3.05, 3.63) is 0 Å². The van der Waals surface area contributed by atoms with Gasteiger partial charge in [-0.1, -0.05) is 19.8 Å². The molecule has 0 rings (SSSR count). The molecule has 0 aliphatic carbocycles. The first kappa shape index (κ1) is 9.92. The molecule has 0 aliphatic rings. The van der Waals surface area contributed by atoms with Gasteiger partial charge in [-0.2, -0.15) is 0 Å². The van der Waals surface area contributed by atoms with Crippen LogP contribution in [-0.4, -0.2) is 8.53 Å². The number of hydrogen-bond acceptors (Lipinski definition) is 1. The molecule has 9 heavy (non-hydrogen) atoms. The summed E-state index contributed by atoms with van der Waals surface area (Å²) >= 11 is 6.16. The normalized spacial score (nSPS) is 12.0. The highest BCUT2D eigenvalue weighted by Gasteiger charge is 2.15. The third-order valence-electron chi connectivity index (χ3n) is 1.08. The van der Waals surface area contributed by atoms with Crippen LogP contribution in [0.15, 0.2) is 0 Å². The summed E-state index contributed by atoms with van der Waals surface area (Å²) in [6.45, 7) is 2.14. The average molecular weight is 260 g/mol. The lowest BCUT2D eigenvalue weighted by atomic mass is 10.2. The maximum Gasteiger partial charge on any atom is 0.174 e. The summed E-state index contributed by atoms with van der Waals surface area (Å²) < 4.78 is -0.824. The molecule has 0 radical (unpaired) electrons. The minimum atomic E-state index is -0.824. The van der Waals surface area contributed by atoms with Crippen LogP contribution in [0.2, 0.25) is 0 Å². The van der Waals surface area contributed by atoms with Crippen LogP contribution in [0.5, 0.6) is 0 Å². The fourth-order valence-corrected chi connectivity index (χ4v) is 1.15. The molecule has 0 saturated heterocycles. The molecule has 0 amide bonds. The summed E-state index contributed by atoms with van der Waals surface area (Å²) in [7, 11) is 0. The van der Waals surface area contributed by atoms with Crippen molar-refractivity contribution >= 4 is 31.9 Å². The van der Waals surface area contributed by atoms with Crippen molar-refractivity contribution in [3.8, 4) is 0 Å². The molecule has 0 aromatic carbocycles. The van der Waals surface area contributed by atoms with Gasteiger partial charge < -0.3 is 5.11 Å². The Balaban J connectivity index is 3.07. The third kappa shape index (κ3) is 8.92. The molecule has 0 atom stereocenters. The second-order valence-electron chi connectivity index (χ2n) is 2.12. The van der Waals surface area contributed by atoms with E-state index in [1.807, 2.05) is 0 Å². The van der Waals surface area contributed by atoms with E-state index >= 15 is 0 Å². The predicted molar refractivity (Wildman–Crippen MR) is 46.9 cm³/mol. The lowest BCUT2D eigenvalue weighted by Gasteiger charge is -2.10. The standard InChI is InChI=1S/C6H12Br2O/c1-2-3-4-5-6(7,8)9/h9H,2-5H2,1H3. The molecule has 0 aliphatic heterocycles. The van der Waals surface area contributed by atoms with Crippen LogP contribution < -0.4 is 0 Å². The maximum atomic E-state index is 9.08. The monoisotopic (exact) mass is 258 g/mol. The van der Waals surface area contributed by atoms with Crippen molar-refractivity contribution in [1.82, 2.24) is 0 Å². The molecule has 0 unspecified atom stereocenters. The molecule has 1 N–H and O–H groups in total. The van der Waals surface area contributed by atoms with Gasteiger partial charge in [0.25, 0.3) is 0 Å². The average Bonchev–Trinajstić information content (AvgIpc) is 1.63. The molecule has 0 bridgehead atoms. The minimum absolute atomic E-state index is 0.765. The Morgan fingerprint density at radius 1 is 1.33 bits per heavy atom. The lowest BCUT2D eigenvalue weighted by molar-refractivity contribution is 0.229. The maximum absolute atomic E-state index is 9.08. The van der Waals surface area contributed by atoms with Crippen molar-refractivity contribution < 1.29 is 5.11 Å². The van der Waals surface area contributed by atoms with Gasteiger partial charge in [0.05, 0.1) is 0 Å². The molecular formula is C6H12Br2O. The highest BCUT2D eigenvalue weighted by atomic mass is 79.9. The van der Waals surface area contributed by atoms with Gasteiger partial charge in [0.15, 0.2) is 3.42 Å². The van der Waals surface area contributed by atoms with E-state index < -0.39 is 3.42 Å². The first-order chi connectivity index (χ1) is 4.06. The van der Waals surface area contributed by atoms with Gasteiger partial charge in [0.2, 0.25) is 0 Å². The fourth-order valence-electron chi connectivity index (χ4n) is 0.588. The summed E-state index contributed by atoms with van der Waals surface area (Å²) in [5, 5.41) is 9.08. The van der Waals surface area contributed by atoms with Crippen molar-refractivity contribution in [3.63, 3.8) is 0 Å². The lowest BCUT2D eigenvalue weighted by Crippen LogP contribution is -2.07. The van der Waals surface area contributed by atoms with E-state index in [4.69, 9.17) is 5.11 Å². The van der Waals surface area contributed by atoms with Gasteiger partial charge in [-0.25, -0.2) is 0 Å². The van der Waals surface area contributed by atoms with Crippen LogP contribution in [0, 0.1) is 0 Å². The fraction of sp³-hybridized carbons (Fsp3) is 1.00. The highest BCUT2D eigenvalue weighted by molar-refractivity contribution is 9.25. The van der Waals surface area contributed by atoms with E-state index in [9.17, 15) is 0 Å². The van der Waals surface area contributed by atoms with Crippen LogP contribution >= 0.6 is 31.9 Å². The molecule has 0 spiro atoms. The Morgan fingerprint density at radius 3 is 2.22 bits per heavy atom. The zero-order valence-electron chi connectivity index (χ0n) is 5.53. The Bertz CT molecular complexity index is 67.9. The van der Waals surface area contributed by atoms with Gasteiger partial charge in [-0.15, -0.1) is 0 Å². The van der Waals surface area contributed by atoms with Gasteiger partial charge >= 0.3 is 0 Å². The molecular weight excluding hydrogens is 248 g/mol. The van der Waals surface area contributed by atoms with Gasteiger partial charge in [-0.05, 0) is 44.7 Å². The summed E-state index contributed by atoms with van der Waals surface area (Å²) in [4.78, 5) is 0. The van der Waals surface area contributed by atoms with Crippen molar-refractivity contribution in [2.24, 2.45) is 0 Å². The number of unbranched alkanes of at least 4 members (excludes halogenated alkanes) is 2. The van der Waals surface area contributed by atoms with Gasteiger partial charge in [-0.3, -0.25) is 0 Å².